The topological polar surface area (TPSA) is 43.4 Å². The normalized spacial score (nSPS) is 27.3. The largest absolute Gasteiger partial charge is 0.454 e. The molecular weight excluding hydrogens is 264 g/mol. The third-order valence-electron chi connectivity index (χ3n) is 5.69. The molecule has 0 unspecified atom stereocenters. The Kier molecular flexibility index (Phi) is 4.22. The zero-order valence-corrected chi connectivity index (χ0v) is 13.3. The highest BCUT2D eigenvalue weighted by Gasteiger charge is 2.53. The van der Waals surface area contributed by atoms with Gasteiger partial charge >= 0.3 is 5.97 Å². The van der Waals surface area contributed by atoms with Gasteiger partial charge in [-0.25, -0.2) is 4.79 Å². The van der Waals surface area contributed by atoms with Crippen LogP contribution in [0.4, 0.5) is 0 Å². The van der Waals surface area contributed by atoms with Gasteiger partial charge in [-0.15, -0.1) is 0 Å². The van der Waals surface area contributed by atoms with Crippen molar-refractivity contribution < 1.29 is 14.3 Å². The molecule has 0 bridgehead atoms. The predicted molar refractivity (Wildman–Crippen MR) is 82.0 cm³/mol. The second-order valence-electron chi connectivity index (χ2n) is 6.86. The number of ketones is 1. The molecule has 0 spiro atoms. The summed E-state index contributed by atoms with van der Waals surface area (Å²) in [6, 6.07) is 8.78. The van der Waals surface area contributed by atoms with Crippen LogP contribution in [0.3, 0.4) is 0 Å². The van der Waals surface area contributed by atoms with Crippen molar-refractivity contribution in [1.82, 2.24) is 0 Å². The van der Waals surface area contributed by atoms with Crippen molar-refractivity contribution in [3.05, 3.63) is 35.9 Å². The molecule has 0 N–H and O–H groups in total. The Bertz CT molecular complexity index is 533. The molecule has 1 aromatic rings. The SMILES string of the molecule is C[C@@H]1CC[C@@](C)(C(=O)COC(=O)c2ccccc2)C1(C)C. The molecule has 0 radical (unpaired) electrons. The van der Waals surface area contributed by atoms with E-state index in [1.165, 1.54) is 0 Å². The second-order valence-corrected chi connectivity index (χ2v) is 6.86. The Hall–Kier alpha value is -1.64. The van der Waals surface area contributed by atoms with Crippen LogP contribution in [-0.2, 0) is 9.53 Å². The molecule has 1 aromatic carbocycles. The average Bonchev–Trinajstić information content (AvgIpc) is 2.69. The predicted octanol–water partition coefficient (Wildman–Crippen LogP) is 3.87. The zero-order chi connectivity index (χ0) is 15.7. The molecule has 0 heterocycles. The van der Waals surface area contributed by atoms with Crippen LogP contribution in [-0.4, -0.2) is 18.4 Å². The summed E-state index contributed by atoms with van der Waals surface area (Å²) in [5, 5.41) is 0. The Balaban J connectivity index is 2.01. The summed E-state index contributed by atoms with van der Waals surface area (Å²) in [6.07, 6.45) is 1.91. The van der Waals surface area contributed by atoms with E-state index in [0.717, 1.165) is 12.8 Å². The number of rotatable bonds is 4. The zero-order valence-electron chi connectivity index (χ0n) is 13.3. The van der Waals surface area contributed by atoms with Gasteiger partial charge in [0.15, 0.2) is 12.4 Å². The number of carbonyl (C=O) groups is 2. The van der Waals surface area contributed by atoms with Crippen LogP contribution in [0.25, 0.3) is 0 Å². The van der Waals surface area contributed by atoms with E-state index in [-0.39, 0.29) is 17.8 Å². The first kappa shape index (κ1) is 15.7. The van der Waals surface area contributed by atoms with E-state index >= 15 is 0 Å². The van der Waals surface area contributed by atoms with Crippen LogP contribution < -0.4 is 0 Å². The number of benzene rings is 1. The van der Waals surface area contributed by atoms with Crippen molar-refractivity contribution >= 4 is 11.8 Å². The van der Waals surface area contributed by atoms with E-state index in [9.17, 15) is 9.59 Å². The summed E-state index contributed by atoms with van der Waals surface area (Å²) >= 11 is 0. The van der Waals surface area contributed by atoms with Crippen LogP contribution in [0.2, 0.25) is 0 Å². The summed E-state index contributed by atoms with van der Waals surface area (Å²) < 4.78 is 5.21. The molecule has 0 aromatic heterocycles. The lowest BCUT2D eigenvalue weighted by molar-refractivity contribution is -0.136. The quantitative estimate of drug-likeness (QED) is 0.790. The summed E-state index contributed by atoms with van der Waals surface area (Å²) in [6.45, 7) is 8.34. The molecule has 2 atom stereocenters. The molecular formula is C18H24O3. The summed E-state index contributed by atoms with van der Waals surface area (Å²) in [5.74, 6) is 0.0915. The highest BCUT2D eigenvalue weighted by atomic mass is 16.5. The molecule has 0 saturated heterocycles. The standard InChI is InChI=1S/C18H24O3/c1-13-10-11-18(4,17(13,2)3)15(19)12-21-16(20)14-8-6-5-7-9-14/h5-9,13H,10-12H2,1-4H3/t13-,18+/m1/s1. The van der Waals surface area contributed by atoms with Crippen molar-refractivity contribution in [3.63, 3.8) is 0 Å². The molecule has 3 nitrogen and oxygen atoms in total. The van der Waals surface area contributed by atoms with Crippen molar-refractivity contribution in [2.24, 2.45) is 16.7 Å². The maximum atomic E-state index is 12.6. The highest BCUT2D eigenvalue weighted by molar-refractivity contribution is 5.93. The van der Waals surface area contributed by atoms with Gasteiger partial charge in [0.1, 0.15) is 0 Å². The van der Waals surface area contributed by atoms with Gasteiger partial charge in [-0.3, -0.25) is 4.79 Å². The van der Waals surface area contributed by atoms with Crippen molar-refractivity contribution in [2.75, 3.05) is 6.61 Å². The van der Waals surface area contributed by atoms with E-state index in [4.69, 9.17) is 4.74 Å². The number of hydrogen-bond acceptors (Lipinski definition) is 3. The fraction of sp³-hybridized carbons (Fsp3) is 0.556. The maximum absolute atomic E-state index is 12.6. The molecule has 21 heavy (non-hydrogen) atoms. The van der Waals surface area contributed by atoms with Crippen molar-refractivity contribution in [2.45, 2.75) is 40.5 Å². The number of Topliss-reactive ketones (excluding diaryl/α,β-unsaturated/α-hetero) is 1. The first-order valence-corrected chi connectivity index (χ1v) is 7.54. The fourth-order valence-corrected chi connectivity index (χ4v) is 3.18. The monoisotopic (exact) mass is 288 g/mol. The first-order valence-electron chi connectivity index (χ1n) is 7.54. The molecule has 1 fully saturated rings. The van der Waals surface area contributed by atoms with Crippen molar-refractivity contribution in [3.8, 4) is 0 Å². The van der Waals surface area contributed by atoms with Gasteiger partial charge in [-0.2, -0.15) is 0 Å². The van der Waals surface area contributed by atoms with Gasteiger partial charge in [0.25, 0.3) is 0 Å². The van der Waals surface area contributed by atoms with Gasteiger partial charge in [0, 0.05) is 5.41 Å². The fourth-order valence-electron chi connectivity index (χ4n) is 3.18. The molecule has 1 aliphatic carbocycles. The van der Waals surface area contributed by atoms with E-state index in [1.807, 2.05) is 13.0 Å². The lowest BCUT2D eigenvalue weighted by Gasteiger charge is -2.39. The van der Waals surface area contributed by atoms with Gasteiger partial charge in [0.05, 0.1) is 5.56 Å². The summed E-state index contributed by atoms with van der Waals surface area (Å²) in [7, 11) is 0. The third-order valence-corrected chi connectivity index (χ3v) is 5.69. The minimum Gasteiger partial charge on any atom is -0.454 e. The number of esters is 1. The van der Waals surface area contributed by atoms with Gasteiger partial charge in [0.2, 0.25) is 0 Å². The van der Waals surface area contributed by atoms with E-state index in [2.05, 4.69) is 20.8 Å². The summed E-state index contributed by atoms with van der Waals surface area (Å²) in [4.78, 5) is 24.5. The Morgan fingerprint density at radius 2 is 1.81 bits per heavy atom. The lowest BCUT2D eigenvalue weighted by Crippen LogP contribution is -2.42. The highest BCUT2D eigenvalue weighted by Crippen LogP contribution is 2.56. The van der Waals surface area contributed by atoms with Crippen LogP contribution in [0.15, 0.2) is 30.3 Å². The summed E-state index contributed by atoms with van der Waals surface area (Å²) in [5.41, 5.74) is 0.00148. The van der Waals surface area contributed by atoms with E-state index in [1.54, 1.807) is 24.3 Å². The minimum atomic E-state index is -0.434. The third kappa shape index (κ3) is 2.74. The molecule has 114 valence electrons. The Labute approximate surface area is 126 Å². The maximum Gasteiger partial charge on any atom is 0.338 e. The van der Waals surface area contributed by atoms with Gasteiger partial charge in [-0.1, -0.05) is 45.9 Å². The molecule has 1 aliphatic rings. The Morgan fingerprint density at radius 3 is 2.33 bits per heavy atom. The molecule has 0 amide bonds. The average molecular weight is 288 g/mol. The van der Waals surface area contributed by atoms with E-state index in [0.29, 0.717) is 11.5 Å². The van der Waals surface area contributed by atoms with Crippen LogP contribution in [0, 0.1) is 16.7 Å². The first-order chi connectivity index (χ1) is 9.79. The van der Waals surface area contributed by atoms with Crippen LogP contribution in [0.1, 0.15) is 50.9 Å². The van der Waals surface area contributed by atoms with Gasteiger partial charge in [-0.05, 0) is 36.3 Å². The number of ether oxygens (including phenoxy) is 1. The lowest BCUT2D eigenvalue weighted by atomic mass is 9.64. The molecule has 2 rings (SSSR count). The minimum absolute atomic E-state index is 0.0288. The van der Waals surface area contributed by atoms with Gasteiger partial charge < -0.3 is 4.74 Å². The van der Waals surface area contributed by atoms with Crippen LogP contribution >= 0.6 is 0 Å². The second kappa shape index (κ2) is 5.63. The molecule has 3 heteroatoms. The van der Waals surface area contributed by atoms with Crippen molar-refractivity contribution in [1.29, 1.82) is 0 Å². The van der Waals surface area contributed by atoms with E-state index < -0.39 is 11.4 Å². The number of carbonyl (C=O) groups excluding carboxylic acids is 2. The molecule has 1 saturated carbocycles. The number of hydrogen-bond donors (Lipinski definition) is 0. The smallest absolute Gasteiger partial charge is 0.338 e. The Morgan fingerprint density at radius 1 is 1.19 bits per heavy atom. The van der Waals surface area contributed by atoms with Crippen LogP contribution in [0.5, 0.6) is 0 Å². The molecule has 0 aliphatic heterocycles.